The predicted molar refractivity (Wildman–Crippen MR) is 105 cm³/mol. The number of hydrogen-bond acceptors (Lipinski definition) is 4. The number of benzene rings is 2. The molecule has 0 radical (unpaired) electrons. The molecule has 1 N–H and O–H groups in total. The van der Waals surface area contributed by atoms with Crippen molar-refractivity contribution in [1.82, 2.24) is 0 Å². The van der Waals surface area contributed by atoms with Gasteiger partial charge < -0.3 is 19.2 Å². The number of hydrogen-bond donors (Lipinski definition) is 1. The summed E-state index contributed by atoms with van der Waals surface area (Å²) in [6, 6.07) is 12.8. The molecule has 1 amide bonds. The lowest BCUT2D eigenvalue weighted by molar-refractivity contribution is 0.0679. The normalized spacial score (nSPS) is 16.6. The van der Waals surface area contributed by atoms with Gasteiger partial charge >= 0.3 is 0 Å². The number of halogens is 1. The summed E-state index contributed by atoms with van der Waals surface area (Å²) < 4.78 is 17.1. The molecule has 1 aromatic heterocycles. The van der Waals surface area contributed by atoms with E-state index < -0.39 is 0 Å². The number of fused-ring (bicyclic) bond motifs is 1. The molecule has 1 atom stereocenters. The Morgan fingerprint density at radius 1 is 1.30 bits per heavy atom. The van der Waals surface area contributed by atoms with Crippen molar-refractivity contribution in [3.05, 3.63) is 58.8 Å². The van der Waals surface area contributed by atoms with Gasteiger partial charge in [-0.25, -0.2) is 0 Å². The van der Waals surface area contributed by atoms with Crippen LogP contribution in [-0.4, -0.2) is 25.2 Å². The van der Waals surface area contributed by atoms with Gasteiger partial charge in [-0.05, 0) is 38.0 Å². The summed E-state index contributed by atoms with van der Waals surface area (Å²) in [5.41, 5.74) is 1.92. The van der Waals surface area contributed by atoms with Crippen LogP contribution in [-0.2, 0) is 4.74 Å². The topological polar surface area (TPSA) is 60.7 Å². The van der Waals surface area contributed by atoms with Gasteiger partial charge in [-0.15, -0.1) is 0 Å². The van der Waals surface area contributed by atoms with Crippen LogP contribution in [0, 0.1) is 6.92 Å². The van der Waals surface area contributed by atoms with Gasteiger partial charge in [0.2, 0.25) is 0 Å². The Morgan fingerprint density at radius 3 is 2.93 bits per heavy atom. The molecular formula is C21H20ClNO4. The summed E-state index contributed by atoms with van der Waals surface area (Å²) in [5.74, 6) is 0.618. The van der Waals surface area contributed by atoms with Crippen molar-refractivity contribution in [2.24, 2.45) is 0 Å². The number of aryl methyl sites for hydroxylation is 1. The highest BCUT2D eigenvalue weighted by Crippen LogP contribution is 2.31. The molecule has 1 saturated heterocycles. The molecule has 4 rings (SSSR count). The Morgan fingerprint density at radius 2 is 2.15 bits per heavy atom. The first-order chi connectivity index (χ1) is 13.1. The second kappa shape index (κ2) is 7.62. The number of carbonyl (C=O) groups excluding carboxylic acids is 1. The van der Waals surface area contributed by atoms with Gasteiger partial charge in [0.15, 0.2) is 11.3 Å². The van der Waals surface area contributed by atoms with E-state index in [1.807, 2.05) is 37.3 Å². The Bertz CT molecular complexity index is 975. The number of para-hydroxylation sites is 1. The Hall–Kier alpha value is -2.50. The average molecular weight is 386 g/mol. The summed E-state index contributed by atoms with van der Waals surface area (Å²) >= 11 is 6.16. The van der Waals surface area contributed by atoms with Crippen molar-refractivity contribution < 1.29 is 18.7 Å². The monoisotopic (exact) mass is 385 g/mol. The lowest BCUT2D eigenvalue weighted by Crippen LogP contribution is -2.16. The third-order valence-electron chi connectivity index (χ3n) is 4.67. The van der Waals surface area contributed by atoms with E-state index in [9.17, 15) is 4.79 Å². The van der Waals surface area contributed by atoms with Crippen LogP contribution < -0.4 is 10.1 Å². The number of carbonyl (C=O) groups is 1. The molecule has 2 heterocycles. The molecule has 0 unspecified atom stereocenters. The fourth-order valence-electron chi connectivity index (χ4n) is 3.24. The fraction of sp³-hybridized carbons (Fsp3) is 0.286. The van der Waals surface area contributed by atoms with Crippen LogP contribution in [0.2, 0.25) is 5.02 Å². The first kappa shape index (κ1) is 17.9. The number of amides is 1. The highest BCUT2D eigenvalue weighted by molar-refractivity contribution is 6.35. The van der Waals surface area contributed by atoms with E-state index in [-0.39, 0.29) is 17.8 Å². The second-order valence-corrected chi connectivity index (χ2v) is 7.01. The number of nitrogens with one attached hydrogen (secondary N) is 1. The van der Waals surface area contributed by atoms with E-state index in [1.165, 1.54) is 0 Å². The van der Waals surface area contributed by atoms with Crippen LogP contribution in [0.3, 0.4) is 0 Å². The van der Waals surface area contributed by atoms with Crippen molar-refractivity contribution in [3.63, 3.8) is 0 Å². The molecule has 0 bridgehead atoms. The molecule has 1 aliphatic rings. The number of rotatable bonds is 5. The van der Waals surface area contributed by atoms with Crippen molar-refractivity contribution >= 4 is 34.2 Å². The van der Waals surface area contributed by atoms with E-state index in [4.69, 9.17) is 25.5 Å². The fourth-order valence-corrected chi connectivity index (χ4v) is 3.46. The zero-order valence-corrected chi connectivity index (χ0v) is 15.7. The van der Waals surface area contributed by atoms with E-state index in [1.54, 1.807) is 12.1 Å². The molecule has 2 aromatic carbocycles. The highest BCUT2D eigenvalue weighted by atomic mass is 35.5. The summed E-state index contributed by atoms with van der Waals surface area (Å²) in [6.45, 7) is 3.15. The van der Waals surface area contributed by atoms with E-state index in [2.05, 4.69) is 5.32 Å². The molecular weight excluding hydrogens is 366 g/mol. The molecule has 1 fully saturated rings. The molecule has 6 heteroatoms. The Labute approximate surface area is 162 Å². The summed E-state index contributed by atoms with van der Waals surface area (Å²) in [7, 11) is 0. The molecule has 0 spiro atoms. The van der Waals surface area contributed by atoms with Crippen LogP contribution in [0.15, 0.2) is 46.9 Å². The minimum absolute atomic E-state index is 0.145. The number of ether oxygens (including phenoxy) is 2. The molecule has 5 nitrogen and oxygen atoms in total. The van der Waals surface area contributed by atoms with Gasteiger partial charge in [-0.2, -0.15) is 0 Å². The maximum absolute atomic E-state index is 12.7. The Balaban J connectivity index is 1.49. The van der Waals surface area contributed by atoms with Gasteiger partial charge in [-0.3, -0.25) is 4.79 Å². The third kappa shape index (κ3) is 3.80. The van der Waals surface area contributed by atoms with Crippen molar-refractivity contribution in [2.45, 2.75) is 25.9 Å². The number of furan rings is 1. The van der Waals surface area contributed by atoms with Crippen LogP contribution in [0.5, 0.6) is 5.75 Å². The van der Waals surface area contributed by atoms with E-state index in [0.29, 0.717) is 28.6 Å². The first-order valence-corrected chi connectivity index (χ1v) is 9.33. The smallest absolute Gasteiger partial charge is 0.291 e. The van der Waals surface area contributed by atoms with Crippen LogP contribution in [0.4, 0.5) is 5.69 Å². The summed E-state index contributed by atoms with van der Waals surface area (Å²) in [5, 5.41) is 4.18. The predicted octanol–water partition coefficient (Wildman–Crippen LogP) is 5.20. The average Bonchev–Trinajstić information content (AvgIpc) is 3.29. The molecule has 140 valence electrons. The molecule has 0 saturated carbocycles. The maximum atomic E-state index is 12.7. The second-order valence-electron chi connectivity index (χ2n) is 6.60. The van der Waals surface area contributed by atoms with Crippen LogP contribution in [0.1, 0.15) is 29.0 Å². The first-order valence-electron chi connectivity index (χ1n) is 8.95. The Kier molecular flexibility index (Phi) is 5.05. The molecule has 3 aromatic rings. The van der Waals surface area contributed by atoms with Crippen molar-refractivity contribution in [3.8, 4) is 5.75 Å². The highest BCUT2D eigenvalue weighted by Gasteiger charge is 2.20. The summed E-state index contributed by atoms with van der Waals surface area (Å²) in [4.78, 5) is 12.7. The van der Waals surface area contributed by atoms with Gasteiger partial charge in [0.1, 0.15) is 12.4 Å². The van der Waals surface area contributed by atoms with E-state index >= 15 is 0 Å². The van der Waals surface area contributed by atoms with Crippen molar-refractivity contribution in [2.75, 3.05) is 18.5 Å². The zero-order valence-electron chi connectivity index (χ0n) is 15.0. The largest absolute Gasteiger partial charge is 0.491 e. The lowest BCUT2D eigenvalue weighted by atomic mass is 10.1. The van der Waals surface area contributed by atoms with Crippen LogP contribution in [0.25, 0.3) is 11.0 Å². The zero-order chi connectivity index (χ0) is 18.8. The van der Waals surface area contributed by atoms with Gasteiger partial charge in [0.05, 0.1) is 11.1 Å². The van der Waals surface area contributed by atoms with Gasteiger partial charge in [-0.1, -0.05) is 29.8 Å². The minimum Gasteiger partial charge on any atom is -0.491 e. The molecule has 27 heavy (non-hydrogen) atoms. The van der Waals surface area contributed by atoms with E-state index in [0.717, 1.165) is 30.4 Å². The van der Waals surface area contributed by atoms with Crippen LogP contribution >= 0.6 is 11.6 Å². The third-order valence-corrected chi connectivity index (χ3v) is 4.97. The van der Waals surface area contributed by atoms with Gasteiger partial charge in [0.25, 0.3) is 5.91 Å². The summed E-state index contributed by atoms with van der Waals surface area (Å²) in [6.07, 6.45) is 2.24. The molecule has 1 aliphatic heterocycles. The van der Waals surface area contributed by atoms with Gasteiger partial charge in [0, 0.05) is 29.3 Å². The quantitative estimate of drug-likeness (QED) is 0.655. The maximum Gasteiger partial charge on any atom is 0.291 e. The molecule has 0 aliphatic carbocycles. The number of anilines is 1. The lowest BCUT2D eigenvalue weighted by Gasteiger charge is -2.12. The SMILES string of the molecule is Cc1c(C(=O)Nc2cccc(OC[C@@H]3CCCO3)c2)oc2c(Cl)cccc12. The minimum atomic E-state index is -0.323. The standard InChI is InChI=1S/C21H20ClNO4/c1-13-17-8-3-9-18(22)20(17)27-19(13)21(24)23-14-5-2-6-15(11-14)26-12-16-7-4-10-25-16/h2-3,5-6,8-9,11,16H,4,7,10,12H2,1H3,(H,23,24)/t16-/m0/s1. The van der Waals surface area contributed by atoms with Crippen molar-refractivity contribution in [1.29, 1.82) is 0 Å².